The molecule has 0 aromatic heterocycles. The van der Waals surface area contributed by atoms with Gasteiger partial charge in [0, 0.05) is 6.42 Å². The molecule has 1 aromatic rings. The van der Waals surface area contributed by atoms with E-state index in [2.05, 4.69) is 31.2 Å². The molecule has 0 saturated heterocycles. The average molecular weight is 218 g/mol. The quantitative estimate of drug-likeness (QED) is 0.622. The SMILES string of the molecule is CCCCC[C@@H](CC(C)=O)c1ccccc1. The molecular formula is C15H22O. The Morgan fingerprint density at radius 3 is 2.44 bits per heavy atom. The highest BCUT2D eigenvalue weighted by Gasteiger charge is 2.12. The summed E-state index contributed by atoms with van der Waals surface area (Å²) < 4.78 is 0. The summed E-state index contributed by atoms with van der Waals surface area (Å²) in [6.07, 6.45) is 5.55. The summed E-state index contributed by atoms with van der Waals surface area (Å²) in [6, 6.07) is 10.4. The second-order valence-electron chi connectivity index (χ2n) is 4.51. The van der Waals surface area contributed by atoms with Crippen molar-refractivity contribution < 1.29 is 4.79 Å². The van der Waals surface area contributed by atoms with Crippen molar-refractivity contribution in [1.29, 1.82) is 0 Å². The van der Waals surface area contributed by atoms with Gasteiger partial charge in [-0.1, -0.05) is 56.5 Å². The lowest BCUT2D eigenvalue weighted by Gasteiger charge is -2.15. The predicted molar refractivity (Wildman–Crippen MR) is 68.6 cm³/mol. The Balaban J connectivity index is 2.60. The van der Waals surface area contributed by atoms with Crippen LogP contribution in [-0.4, -0.2) is 5.78 Å². The molecule has 0 unspecified atom stereocenters. The van der Waals surface area contributed by atoms with Gasteiger partial charge in [-0.15, -0.1) is 0 Å². The van der Waals surface area contributed by atoms with Crippen molar-refractivity contribution in [2.24, 2.45) is 0 Å². The van der Waals surface area contributed by atoms with Crippen molar-refractivity contribution in [2.75, 3.05) is 0 Å². The van der Waals surface area contributed by atoms with Crippen LogP contribution in [0.3, 0.4) is 0 Å². The summed E-state index contributed by atoms with van der Waals surface area (Å²) in [5, 5.41) is 0. The molecule has 0 fully saturated rings. The Hall–Kier alpha value is -1.11. The van der Waals surface area contributed by atoms with Gasteiger partial charge in [-0.05, 0) is 24.8 Å². The summed E-state index contributed by atoms with van der Waals surface area (Å²) in [6.45, 7) is 3.90. The second-order valence-corrected chi connectivity index (χ2v) is 4.51. The van der Waals surface area contributed by atoms with Gasteiger partial charge in [-0.25, -0.2) is 0 Å². The van der Waals surface area contributed by atoms with E-state index in [-0.39, 0.29) is 0 Å². The van der Waals surface area contributed by atoms with Crippen LogP contribution >= 0.6 is 0 Å². The molecule has 0 amide bonds. The Kier molecular flexibility index (Phi) is 5.84. The highest BCUT2D eigenvalue weighted by molar-refractivity contribution is 5.76. The van der Waals surface area contributed by atoms with Gasteiger partial charge in [0.15, 0.2) is 0 Å². The predicted octanol–water partition coefficient (Wildman–Crippen LogP) is 4.33. The van der Waals surface area contributed by atoms with Gasteiger partial charge in [0.1, 0.15) is 5.78 Å². The second kappa shape index (κ2) is 7.21. The zero-order valence-electron chi connectivity index (χ0n) is 10.4. The number of carbonyl (C=O) groups excluding carboxylic acids is 1. The maximum absolute atomic E-state index is 11.3. The monoisotopic (exact) mass is 218 g/mol. The molecule has 0 spiro atoms. The minimum atomic E-state index is 0.297. The fourth-order valence-electron chi connectivity index (χ4n) is 2.10. The average Bonchev–Trinajstić information content (AvgIpc) is 2.29. The van der Waals surface area contributed by atoms with E-state index in [1.165, 1.54) is 24.8 Å². The Morgan fingerprint density at radius 2 is 1.88 bits per heavy atom. The van der Waals surface area contributed by atoms with Crippen LogP contribution in [0.15, 0.2) is 30.3 Å². The van der Waals surface area contributed by atoms with Crippen LogP contribution in [0.2, 0.25) is 0 Å². The van der Waals surface area contributed by atoms with Gasteiger partial charge in [0.2, 0.25) is 0 Å². The molecule has 0 aliphatic heterocycles. The molecule has 1 atom stereocenters. The summed E-state index contributed by atoms with van der Waals surface area (Å²) in [5.74, 6) is 0.718. The third kappa shape index (κ3) is 4.61. The minimum Gasteiger partial charge on any atom is -0.300 e. The summed E-state index contributed by atoms with van der Waals surface area (Å²) >= 11 is 0. The highest BCUT2D eigenvalue weighted by atomic mass is 16.1. The summed E-state index contributed by atoms with van der Waals surface area (Å²) in [7, 11) is 0. The molecule has 0 saturated carbocycles. The number of benzene rings is 1. The highest BCUT2D eigenvalue weighted by Crippen LogP contribution is 2.25. The maximum Gasteiger partial charge on any atom is 0.130 e. The standard InChI is InChI=1S/C15H22O/c1-3-4-6-11-15(12-13(2)16)14-9-7-5-8-10-14/h5,7-10,15H,3-4,6,11-12H2,1-2H3/t15-/m0/s1. The molecule has 1 aromatic carbocycles. The minimum absolute atomic E-state index is 0.297. The van der Waals surface area contributed by atoms with Crippen LogP contribution in [0.5, 0.6) is 0 Å². The lowest BCUT2D eigenvalue weighted by molar-refractivity contribution is -0.117. The van der Waals surface area contributed by atoms with Crippen LogP contribution in [0.4, 0.5) is 0 Å². The van der Waals surface area contributed by atoms with E-state index in [9.17, 15) is 4.79 Å². The van der Waals surface area contributed by atoms with Gasteiger partial charge in [-0.2, -0.15) is 0 Å². The zero-order chi connectivity index (χ0) is 11.8. The zero-order valence-corrected chi connectivity index (χ0v) is 10.4. The number of Topliss-reactive ketones (excluding diaryl/α,β-unsaturated/α-hetero) is 1. The molecule has 1 heteroatoms. The number of hydrogen-bond donors (Lipinski definition) is 0. The van der Waals surface area contributed by atoms with Crippen molar-refractivity contribution >= 4 is 5.78 Å². The Morgan fingerprint density at radius 1 is 1.19 bits per heavy atom. The van der Waals surface area contributed by atoms with Crippen molar-refractivity contribution in [3.05, 3.63) is 35.9 Å². The molecule has 16 heavy (non-hydrogen) atoms. The van der Waals surface area contributed by atoms with E-state index in [1.54, 1.807) is 6.92 Å². The Bertz CT molecular complexity index is 302. The third-order valence-electron chi connectivity index (χ3n) is 2.96. The summed E-state index contributed by atoms with van der Waals surface area (Å²) in [5.41, 5.74) is 1.31. The number of ketones is 1. The number of hydrogen-bond acceptors (Lipinski definition) is 1. The van der Waals surface area contributed by atoms with Crippen LogP contribution in [0.1, 0.15) is 57.4 Å². The van der Waals surface area contributed by atoms with E-state index < -0.39 is 0 Å². The fourth-order valence-corrected chi connectivity index (χ4v) is 2.10. The third-order valence-corrected chi connectivity index (χ3v) is 2.96. The molecule has 0 heterocycles. The van der Waals surface area contributed by atoms with E-state index in [1.807, 2.05) is 6.07 Å². The van der Waals surface area contributed by atoms with Gasteiger partial charge < -0.3 is 4.79 Å². The lowest BCUT2D eigenvalue weighted by atomic mass is 9.89. The molecule has 0 aliphatic carbocycles. The van der Waals surface area contributed by atoms with Crippen molar-refractivity contribution in [3.63, 3.8) is 0 Å². The van der Waals surface area contributed by atoms with Gasteiger partial charge in [-0.3, -0.25) is 0 Å². The van der Waals surface area contributed by atoms with Gasteiger partial charge in [0.25, 0.3) is 0 Å². The van der Waals surface area contributed by atoms with E-state index in [0.717, 1.165) is 6.42 Å². The van der Waals surface area contributed by atoms with Crippen molar-refractivity contribution in [1.82, 2.24) is 0 Å². The van der Waals surface area contributed by atoms with E-state index >= 15 is 0 Å². The summed E-state index contributed by atoms with van der Waals surface area (Å²) in [4.78, 5) is 11.3. The normalized spacial score (nSPS) is 12.4. The smallest absolute Gasteiger partial charge is 0.130 e. The Labute approximate surface area is 98.9 Å². The van der Waals surface area contributed by atoms with Gasteiger partial charge in [0.05, 0.1) is 0 Å². The first-order chi connectivity index (χ1) is 7.74. The molecule has 0 radical (unpaired) electrons. The van der Waals surface area contributed by atoms with Crippen LogP contribution in [0.25, 0.3) is 0 Å². The molecule has 0 bridgehead atoms. The molecule has 1 rings (SSSR count). The van der Waals surface area contributed by atoms with Crippen molar-refractivity contribution in [3.8, 4) is 0 Å². The number of unbranched alkanes of at least 4 members (excludes halogenated alkanes) is 2. The first kappa shape index (κ1) is 13.0. The van der Waals surface area contributed by atoms with Crippen LogP contribution < -0.4 is 0 Å². The largest absolute Gasteiger partial charge is 0.300 e. The number of carbonyl (C=O) groups is 1. The fraction of sp³-hybridized carbons (Fsp3) is 0.533. The lowest BCUT2D eigenvalue weighted by Crippen LogP contribution is -2.04. The van der Waals surface area contributed by atoms with Crippen LogP contribution in [-0.2, 0) is 4.79 Å². The number of rotatable bonds is 7. The topological polar surface area (TPSA) is 17.1 Å². The maximum atomic E-state index is 11.3. The van der Waals surface area contributed by atoms with Crippen LogP contribution in [0, 0.1) is 0 Å². The molecular weight excluding hydrogens is 196 g/mol. The van der Waals surface area contributed by atoms with Gasteiger partial charge >= 0.3 is 0 Å². The van der Waals surface area contributed by atoms with E-state index in [0.29, 0.717) is 18.1 Å². The van der Waals surface area contributed by atoms with Crippen molar-refractivity contribution in [2.45, 2.75) is 51.9 Å². The molecule has 0 aliphatic rings. The molecule has 88 valence electrons. The first-order valence-corrected chi connectivity index (χ1v) is 6.28. The molecule has 1 nitrogen and oxygen atoms in total. The van der Waals surface area contributed by atoms with E-state index in [4.69, 9.17) is 0 Å². The molecule has 0 N–H and O–H groups in total. The first-order valence-electron chi connectivity index (χ1n) is 6.28.